The molecule has 0 saturated heterocycles. The highest BCUT2D eigenvalue weighted by Crippen LogP contribution is 2.09. The van der Waals surface area contributed by atoms with E-state index in [0.29, 0.717) is 13.0 Å². The van der Waals surface area contributed by atoms with Gasteiger partial charge in [-0.25, -0.2) is 8.42 Å². The third-order valence-corrected chi connectivity index (χ3v) is 4.10. The van der Waals surface area contributed by atoms with Crippen molar-refractivity contribution >= 4 is 9.84 Å². The van der Waals surface area contributed by atoms with Gasteiger partial charge in [0.25, 0.3) is 0 Å². The lowest BCUT2D eigenvalue weighted by atomic mass is 10.2. The molecule has 0 saturated carbocycles. The van der Waals surface area contributed by atoms with Crippen LogP contribution in [0.1, 0.15) is 24.0 Å². The molecular formula is C12H19NO2S. The van der Waals surface area contributed by atoms with E-state index in [1.54, 1.807) is 0 Å². The largest absolute Gasteiger partial charge is 0.330 e. The average Bonchev–Trinajstić information content (AvgIpc) is 2.21. The fourth-order valence-corrected chi connectivity index (χ4v) is 2.97. The Morgan fingerprint density at radius 3 is 2.31 bits per heavy atom. The predicted octanol–water partition coefficient (Wildman–Crippen LogP) is 1.65. The van der Waals surface area contributed by atoms with Gasteiger partial charge in [-0.2, -0.15) is 0 Å². The van der Waals surface area contributed by atoms with Gasteiger partial charge in [0, 0.05) is 0 Å². The molecule has 90 valence electrons. The Morgan fingerprint density at radius 1 is 1.12 bits per heavy atom. The molecule has 4 heteroatoms. The molecule has 0 unspecified atom stereocenters. The van der Waals surface area contributed by atoms with Gasteiger partial charge in [0.2, 0.25) is 0 Å². The van der Waals surface area contributed by atoms with Crippen LogP contribution in [0.25, 0.3) is 0 Å². The highest BCUT2D eigenvalue weighted by atomic mass is 32.2. The number of unbranched alkanes of at least 4 members (excludes halogenated alkanes) is 1. The third-order valence-electron chi connectivity index (χ3n) is 2.42. The number of hydrogen-bond acceptors (Lipinski definition) is 3. The highest BCUT2D eigenvalue weighted by Gasteiger charge is 2.11. The molecule has 2 N–H and O–H groups in total. The molecule has 1 rings (SSSR count). The summed E-state index contributed by atoms with van der Waals surface area (Å²) in [6.45, 7) is 2.54. The lowest BCUT2D eigenvalue weighted by Gasteiger charge is -2.04. The minimum atomic E-state index is -2.98. The number of aryl methyl sites for hydroxylation is 1. The first-order chi connectivity index (χ1) is 7.53. The van der Waals surface area contributed by atoms with Gasteiger partial charge in [-0.15, -0.1) is 0 Å². The molecular weight excluding hydrogens is 222 g/mol. The lowest BCUT2D eigenvalue weighted by molar-refractivity contribution is 0.591. The summed E-state index contributed by atoms with van der Waals surface area (Å²) < 4.78 is 23.4. The van der Waals surface area contributed by atoms with Gasteiger partial charge in [0.05, 0.1) is 11.5 Å². The maximum Gasteiger partial charge on any atom is 0.154 e. The van der Waals surface area contributed by atoms with Crippen LogP contribution in [0.15, 0.2) is 24.3 Å². The van der Waals surface area contributed by atoms with Crippen molar-refractivity contribution in [3.05, 3.63) is 35.4 Å². The summed E-state index contributed by atoms with van der Waals surface area (Å²) in [6, 6.07) is 7.61. The van der Waals surface area contributed by atoms with E-state index < -0.39 is 9.84 Å². The third kappa shape index (κ3) is 4.77. The summed E-state index contributed by atoms with van der Waals surface area (Å²) in [6.07, 6.45) is 1.43. The maximum absolute atomic E-state index is 11.7. The Bertz CT molecular complexity index is 409. The van der Waals surface area contributed by atoms with Crippen LogP contribution in [0.4, 0.5) is 0 Å². The molecule has 0 fully saturated rings. The second-order valence-corrected chi connectivity index (χ2v) is 6.26. The van der Waals surface area contributed by atoms with Crippen molar-refractivity contribution in [2.45, 2.75) is 25.5 Å². The summed E-state index contributed by atoms with van der Waals surface area (Å²) in [5, 5.41) is 0. The Hall–Kier alpha value is -0.870. The minimum Gasteiger partial charge on any atom is -0.330 e. The molecule has 0 heterocycles. The van der Waals surface area contributed by atoms with Gasteiger partial charge in [-0.1, -0.05) is 29.8 Å². The molecule has 0 bridgehead atoms. The van der Waals surface area contributed by atoms with Crippen molar-refractivity contribution in [2.75, 3.05) is 12.3 Å². The monoisotopic (exact) mass is 241 g/mol. The molecule has 0 aliphatic heterocycles. The number of nitrogens with two attached hydrogens (primary N) is 1. The van der Waals surface area contributed by atoms with Crippen molar-refractivity contribution < 1.29 is 8.42 Å². The zero-order valence-corrected chi connectivity index (χ0v) is 10.5. The van der Waals surface area contributed by atoms with Gasteiger partial charge in [-0.3, -0.25) is 0 Å². The molecule has 3 nitrogen and oxygen atoms in total. The lowest BCUT2D eigenvalue weighted by Crippen LogP contribution is -2.11. The quantitative estimate of drug-likeness (QED) is 0.770. The van der Waals surface area contributed by atoms with Crippen LogP contribution in [-0.2, 0) is 15.6 Å². The van der Waals surface area contributed by atoms with Crippen LogP contribution >= 0.6 is 0 Å². The minimum absolute atomic E-state index is 0.137. The molecule has 16 heavy (non-hydrogen) atoms. The molecule has 1 aromatic rings. The van der Waals surface area contributed by atoms with E-state index in [0.717, 1.165) is 17.5 Å². The standard InChI is InChI=1S/C12H19NO2S/c1-11-4-6-12(7-5-11)10-16(14,15)9-3-2-8-13/h4-7H,2-3,8-10,13H2,1H3. The summed E-state index contributed by atoms with van der Waals surface area (Å²) in [5.41, 5.74) is 7.33. The number of rotatable bonds is 6. The molecule has 0 amide bonds. The molecule has 0 aromatic heterocycles. The summed E-state index contributed by atoms with van der Waals surface area (Å²) in [5.74, 6) is 0.371. The number of sulfone groups is 1. The van der Waals surface area contributed by atoms with Crippen molar-refractivity contribution in [1.82, 2.24) is 0 Å². The average molecular weight is 241 g/mol. The van der Waals surface area contributed by atoms with Crippen LogP contribution in [0.3, 0.4) is 0 Å². The van der Waals surface area contributed by atoms with Crippen LogP contribution in [-0.4, -0.2) is 20.7 Å². The highest BCUT2D eigenvalue weighted by molar-refractivity contribution is 7.90. The van der Waals surface area contributed by atoms with Crippen LogP contribution in [0.2, 0.25) is 0 Å². The Balaban J connectivity index is 2.55. The smallest absolute Gasteiger partial charge is 0.154 e. The molecule has 0 radical (unpaired) electrons. The van der Waals surface area contributed by atoms with Crippen LogP contribution in [0.5, 0.6) is 0 Å². The Morgan fingerprint density at radius 2 is 1.75 bits per heavy atom. The molecule has 1 aromatic carbocycles. The normalized spacial score (nSPS) is 11.6. The summed E-state index contributed by atoms with van der Waals surface area (Å²) in [4.78, 5) is 0. The van der Waals surface area contributed by atoms with Crippen molar-refractivity contribution in [1.29, 1.82) is 0 Å². The topological polar surface area (TPSA) is 60.2 Å². The molecule has 0 aliphatic rings. The van der Waals surface area contributed by atoms with Crippen molar-refractivity contribution in [3.63, 3.8) is 0 Å². The van der Waals surface area contributed by atoms with Gasteiger partial charge in [-0.05, 0) is 31.9 Å². The van der Waals surface area contributed by atoms with E-state index in [1.807, 2.05) is 31.2 Å². The van der Waals surface area contributed by atoms with Gasteiger partial charge in [0.1, 0.15) is 0 Å². The van der Waals surface area contributed by atoms with E-state index in [2.05, 4.69) is 0 Å². The van der Waals surface area contributed by atoms with Crippen LogP contribution < -0.4 is 5.73 Å². The van der Waals surface area contributed by atoms with E-state index in [4.69, 9.17) is 5.73 Å². The molecule has 0 atom stereocenters. The van der Waals surface area contributed by atoms with Gasteiger partial charge < -0.3 is 5.73 Å². The SMILES string of the molecule is Cc1ccc(CS(=O)(=O)CCCCN)cc1. The summed E-state index contributed by atoms with van der Waals surface area (Å²) in [7, 11) is -2.98. The molecule has 0 spiro atoms. The zero-order valence-electron chi connectivity index (χ0n) is 9.65. The number of benzene rings is 1. The van der Waals surface area contributed by atoms with E-state index in [-0.39, 0.29) is 11.5 Å². The molecule has 0 aliphatic carbocycles. The van der Waals surface area contributed by atoms with Gasteiger partial charge >= 0.3 is 0 Å². The second kappa shape index (κ2) is 6.01. The first kappa shape index (κ1) is 13.2. The maximum atomic E-state index is 11.7. The van der Waals surface area contributed by atoms with Crippen LogP contribution in [0, 0.1) is 6.92 Å². The van der Waals surface area contributed by atoms with E-state index in [9.17, 15) is 8.42 Å². The number of hydrogen-bond donors (Lipinski definition) is 1. The first-order valence-electron chi connectivity index (χ1n) is 5.49. The fraction of sp³-hybridized carbons (Fsp3) is 0.500. The van der Waals surface area contributed by atoms with Gasteiger partial charge in [0.15, 0.2) is 9.84 Å². The Labute approximate surface area is 97.6 Å². The van der Waals surface area contributed by atoms with Crippen molar-refractivity contribution in [2.24, 2.45) is 5.73 Å². The first-order valence-corrected chi connectivity index (χ1v) is 7.32. The van der Waals surface area contributed by atoms with Crippen molar-refractivity contribution in [3.8, 4) is 0 Å². The Kier molecular flexibility index (Phi) is 4.96. The summed E-state index contributed by atoms with van der Waals surface area (Å²) >= 11 is 0. The second-order valence-electron chi connectivity index (χ2n) is 4.07. The predicted molar refractivity (Wildman–Crippen MR) is 67.0 cm³/mol. The zero-order chi connectivity index (χ0) is 12.0. The van der Waals surface area contributed by atoms with E-state index in [1.165, 1.54) is 0 Å². The fourth-order valence-electron chi connectivity index (χ4n) is 1.48. The van der Waals surface area contributed by atoms with E-state index >= 15 is 0 Å².